The second-order valence-electron chi connectivity index (χ2n) is 3.31. The fourth-order valence-corrected chi connectivity index (χ4v) is 1.91. The van der Waals surface area contributed by atoms with Gasteiger partial charge in [0.15, 0.2) is 11.6 Å². The van der Waals surface area contributed by atoms with Gasteiger partial charge in [0.25, 0.3) is 21.4 Å². The van der Waals surface area contributed by atoms with Gasteiger partial charge in [0.05, 0.1) is 17.0 Å². The van der Waals surface area contributed by atoms with Gasteiger partial charge in [-0.1, -0.05) is 0 Å². The number of alkyl halides is 2. The summed E-state index contributed by atoms with van der Waals surface area (Å²) in [4.78, 5) is 10.5. The van der Waals surface area contributed by atoms with E-state index in [2.05, 4.69) is 0 Å². The van der Waals surface area contributed by atoms with E-state index in [0.717, 1.165) is 0 Å². The van der Waals surface area contributed by atoms with E-state index in [1.807, 2.05) is 0 Å². The molecule has 1 aromatic rings. The quantitative estimate of drug-likeness (QED) is 0.681. The number of benzene rings is 1. The number of hydrogen-bond acceptors (Lipinski definition) is 3. The van der Waals surface area contributed by atoms with Gasteiger partial charge < -0.3 is 5.32 Å². The molecular formula is C9H6ClF4NO3S. The van der Waals surface area contributed by atoms with Crippen LogP contribution in [0.15, 0.2) is 17.0 Å². The van der Waals surface area contributed by atoms with E-state index in [1.165, 1.54) is 0 Å². The Morgan fingerprint density at radius 2 is 1.89 bits per heavy atom. The number of rotatable bonds is 4. The van der Waals surface area contributed by atoms with E-state index in [4.69, 9.17) is 10.7 Å². The van der Waals surface area contributed by atoms with Crippen LogP contribution in [0.25, 0.3) is 0 Å². The minimum Gasteiger partial charge on any atom is -0.346 e. The van der Waals surface area contributed by atoms with Crippen molar-refractivity contribution in [3.05, 3.63) is 29.3 Å². The Bertz CT molecular complexity index is 606. The van der Waals surface area contributed by atoms with Gasteiger partial charge in [0.2, 0.25) is 0 Å². The Hall–Kier alpha value is -1.35. The number of carbonyl (C=O) groups is 1. The summed E-state index contributed by atoms with van der Waals surface area (Å²) in [5.41, 5.74) is -1.03. The minimum atomic E-state index is -4.39. The maximum Gasteiger partial charge on any atom is 0.261 e. The second-order valence-corrected chi connectivity index (χ2v) is 5.87. The van der Waals surface area contributed by atoms with Crippen molar-refractivity contribution in [3.63, 3.8) is 0 Å². The third kappa shape index (κ3) is 4.06. The summed E-state index contributed by atoms with van der Waals surface area (Å²) in [5, 5.41) is 1.61. The van der Waals surface area contributed by atoms with Crippen LogP contribution in [-0.2, 0) is 9.05 Å². The molecule has 0 aliphatic rings. The van der Waals surface area contributed by atoms with Gasteiger partial charge in [0, 0.05) is 10.7 Å². The van der Waals surface area contributed by atoms with Crippen molar-refractivity contribution >= 4 is 25.6 Å². The van der Waals surface area contributed by atoms with E-state index in [1.54, 1.807) is 5.32 Å². The molecule has 0 saturated heterocycles. The first-order chi connectivity index (χ1) is 8.62. The molecule has 0 aliphatic carbocycles. The Morgan fingerprint density at radius 3 is 2.37 bits per heavy atom. The Morgan fingerprint density at radius 1 is 1.32 bits per heavy atom. The van der Waals surface area contributed by atoms with Crippen molar-refractivity contribution in [3.8, 4) is 0 Å². The van der Waals surface area contributed by atoms with Crippen LogP contribution in [0.2, 0.25) is 0 Å². The summed E-state index contributed by atoms with van der Waals surface area (Å²) >= 11 is 0. The predicted octanol–water partition coefficient (Wildman–Crippen LogP) is 1.89. The highest BCUT2D eigenvalue weighted by molar-refractivity contribution is 8.13. The number of carbonyl (C=O) groups excluding carboxylic acids is 1. The van der Waals surface area contributed by atoms with Crippen LogP contribution < -0.4 is 5.32 Å². The van der Waals surface area contributed by atoms with Crippen LogP contribution in [0.3, 0.4) is 0 Å². The van der Waals surface area contributed by atoms with Crippen molar-refractivity contribution in [2.45, 2.75) is 11.3 Å². The highest BCUT2D eigenvalue weighted by Crippen LogP contribution is 2.21. The maximum absolute atomic E-state index is 13.3. The Labute approximate surface area is 109 Å². The molecule has 1 amide bonds. The lowest BCUT2D eigenvalue weighted by Crippen LogP contribution is -2.29. The van der Waals surface area contributed by atoms with Crippen molar-refractivity contribution in [1.29, 1.82) is 0 Å². The summed E-state index contributed by atoms with van der Waals surface area (Å²) in [5.74, 6) is -4.67. The minimum absolute atomic E-state index is 0.279. The lowest BCUT2D eigenvalue weighted by Gasteiger charge is -2.07. The summed E-state index contributed by atoms with van der Waals surface area (Å²) in [6, 6.07) is 0.739. The molecule has 10 heteroatoms. The average Bonchev–Trinajstić information content (AvgIpc) is 2.27. The zero-order valence-electron chi connectivity index (χ0n) is 8.96. The molecule has 0 spiro atoms. The molecule has 1 rings (SSSR count). The largest absolute Gasteiger partial charge is 0.346 e. The molecule has 0 atom stereocenters. The first-order valence-corrected chi connectivity index (χ1v) is 6.94. The van der Waals surface area contributed by atoms with Crippen molar-refractivity contribution in [2.24, 2.45) is 0 Å². The first kappa shape index (κ1) is 15.7. The smallest absolute Gasteiger partial charge is 0.261 e. The molecule has 0 unspecified atom stereocenters. The molecule has 0 aromatic heterocycles. The van der Waals surface area contributed by atoms with Gasteiger partial charge in [0.1, 0.15) is 0 Å². The summed E-state index contributed by atoms with van der Waals surface area (Å²) < 4.78 is 72.0. The molecule has 0 bridgehead atoms. The number of amides is 1. The van der Waals surface area contributed by atoms with Crippen LogP contribution in [-0.4, -0.2) is 27.3 Å². The average molecular weight is 320 g/mol. The van der Waals surface area contributed by atoms with E-state index < -0.39 is 50.0 Å². The molecule has 106 valence electrons. The normalized spacial score (nSPS) is 11.7. The van der Waals surface area contributed by atoms with Crippen LogP contribution >= 0.6 is 10.7 Å². The summed E-state index contributed by atoms with van der Waals surface area (Å²) in [6.45, 7) is -1.09. The fraction of sp³-hybridized carbons (Fsp3) is 0.222. The first-order valence-electron chi connectivity index (χ1n) is 4.63. The van der Waals surface area contributed by atoms with Crippen molar-refractivity contribution in [1.82, 2.24) is 5.32 Å². The molecule has 1 aromatic carbocycles. The van der Waals surface area contributed by atoms with Crippen molar-refractivity contribution in [2.75, 3.05) is 6.54 Å². The van der Waals surface area contributed by atoms with Gasteiger partial charge in [-0.05, 0) is 12.1 Å². The summed E-state index contributed by atoms with van der Waals surface area (Å²) in [7, 11) is 0.526. The fourth-order valence-electron chi connectivity index (χ4n) is 1.14. The van der Waals surface area contributed by atoms with Crippen LogP contribution in [0.4, 0.5) is 17.6 Å². The van der Waals surface area contributed by atoms with E-state index in [0.29, 0.717) is 6.07 Å². The maximum atomic E-state index is 13.3. The van der Waals surface area contributed by atoms with Gasteiger partial charge in [-0.15, -0.1) is 0 Å². The van der Waals surface area contributed by atoms with Gasteiger partial charge >= 0.3 is 0 Å². The van der Waals surface area contributed by atoms with E-state index in [-0.39, 0.29) is 6.07 Å². The lowest BCUT2D eigenvalue weighted by atomic mass is 10.2. The number of hydrogen-bond donors (Lipinski definition) is 1. The number of halogens is 5. The molecule has 0 heterocycles. The molecule has 0 aliphatic heterocycles. The number of nitrogens with one attached hydrogen (secondary N) is 1. The van der Waals surface area contributed by atoms with E-state index in [9.17, 15) is 30.8 Å². The molecule has 0 radical (unpaired) electrons. The molecule has 0 fully saturated rings. The Kier molecular flexibility index (Phi) is 4.75. The molecule has 4 nitrogen and oxygen atoms in total. The molecular weight excluding hydrogens is 314 g/mol. The summed E-state index contributed by atoms with van der Waals surface area (Å²) in [6.07, 6.45) is -2.89. The van der Waals surface area contributed by atoms with Gasteiger partial charge in [-0.25, -0.2) is 26.0 Å². The third-order valence-corrected chi connectivity index (χ3v) is 3.28. The zero-order valence-corrected chi connectivity index (χ0v) is 10.5. The second kappa shape index (κ2) is 5.74. The van der Waals surface area contributed by atoms with Crippen molar-refractivity contribution < 1.29 is 30.8 Å². The van der Waals surface area contributed by atoms with Crippen LogP contribution in [0.5, 0.6) is 0 Å². The third-order valence-electron chi connectivity index (χ3n) is 1.94. The topological polar surface area (TPSA) is 63.2 Å². The molecule has 19 heavy (non-hydrogen) atoms. The highest BCUT2D eigenvalue weighted by Gasteiger charge is 2.22. The molecule has 1 N–H and O–H groups in total. The van der Waals surface area contributed by atoms with E-state index >= 15 is 0 Å². The zero-order chi connectivity index (χ0) is 14.8. The van der Waals surface area contributed by atoms with Crippen LogP contribution in [0.1, 0.15) is 10.4 Å². The highest BCUT2D eigenvalue weighted by atomic mass is 35.7. The predicted molar refractivity (Wildman–Crippen MR) is 57.7 cm³/mol. The molecule has 0 saturated carbocycles. The standard InChI is InChI=1S/C9H6ClF4NO3S/c10-19(17,18)4-1-5(8(14)6(11)2-4)9(16)15-3-7(12)13/h1-2,7H,3H2,(H,15,16). The van der Waals surface area contributed by atoms with Crippen LogP contribution in [0, 0.1) is 11.6 Å². The SMILES string of the molecule is O=C(NCC(F)F)c1cc(S(=O)(=O)Cl)cc(F)c1F. The Balaban J connectivity index is 3.20. The van der Waals surface area contributed by atoms with Gasteiger partial charge in [-0.2, -0.15) is 0 Å². The monoisotopic (exact) mass is 319 g/mol. The lowest BCUT2D eigenvalue weighted by molar-refractivity contribution is 0.0886. The van der Waals surface area contributed by atoms with Gasteiger partial charge in [-0.3, -0.25) is 4.79 Å².